The molecular weight excluding hydrogens is 797 g/mol. The summed E-state index contributed by atoms with van der Waals surface area (Å²) >= 11 is 3.52. The summed E-state index contributed by atoms with van der Waals surface area (Å²) in [7, 11) is -0.664. The normalized spacial score (nSPS) is 14.4. The average molecular weight is 857 g/mol. The first kappa shape index (κ1) is 45.2. The van der Waals surface area contributed by atoms with Gasteiger partial charge in [0, 0.05) is 72.1 Å². The highest BCUT2D eigenvalue weighted by molar-refractivity contribution is 9.09. The Kier molecular flexibility index (Phi) is 18.1. The van der Waals surface area contributed by atoms with Gasteiger partial charge in [0.25, 0.3) is 0 Å². The smallest absolute Gasteiger partial charge is 0.371 e. The van der Waals surface area contributed by atoms with E-state index in [0.717, 1.165) is 32.6 Å². The van der Waals surface area contributed by atoms with Crippen molar-refractivity contribution >= 4 is 92.1 Å². The van der Waals surface area contributed by atoms with Crippen LogP contribution in [0.4, 0.5) is 0 Å². The summed E-state index contributed by atoms with van der Waals surface area (Å²) in [5.41, 5.74) is 2.05. The summed E-state index contributed by atoms with van der Waals surface area (Å²) in [5.74, 6) is 1.85. The molecule has 0 bridgehead atoms. The van der Waals surface area contributed by atoms with Gasteiger partial charge in [-0.1, -0.05) is 45.9 Å². The molecule has 0 aliphatic rings. The lowest BCUT2D eigenvalue weighted by Crippen LogP contribution is -2.51. The minimum Gasteiger partial charge on any atom is -0.371 e. The van der Waals surface area contributed by atoms with Gasteiger partial charge in [0.1, 0.15) is 0 Å². The van der Waals surface area contributed by atoms with E-state index in [2.05, 4.69) is 132 Å². The SMILES string of the molecule is CC(C)O[Si](CC(CSSSCC(C[Si](OC(C)C)(OC(C)C)OC(C)C)c1nc2ccccc2s1)c1nc2ccccc2s1)(OC(C)C)OC(C)C. The van der Waals surface area contributed by atoms with Crippen molar-refractivity contribution < 1.29 is 26.6 Å². The highest BCUT2D eigenvalue weighted by Crippen LogP contribution is 2.46. The number of rotatable bonds is 24. The van der Waals surface area contributed by atoms with E-state index in [-0.39, 0.29) is 48.5 Å². The van der Waals surface area contributed by atoms with Gasteiger partial charge in [0.2, 0.25) is 0 Å². The second-order valence-electron chi connectivity index (χ2n) is 14.8. The van der Waals surface area contributed by atoms with Crippen LogP contribution in [-0.2, 0) is 26.6 Å². The van der Waals surface area contributed by atoms with Gasteiger partial charge < -0.3 is 26.6 Å². The van der Waals surface area contributed by atoms with Crippen molar-refractivity contribution in [1.82, 2.24) is 9.97 Å². The van der Waals surface area contributed by atoms with Gasteiger partial charge in [-0.05, 0) is 117 Å². The Morgan fingerprint density at radius 1 is 0.491 bits per heavy atom. The number of fused-ring (bicyclic) bond motifs is 2. The van der Waals surface area contributed by atoms with Crippen LogP contribution in [0, 0.1) is 0 Å². The number of benzene rings is 2. The van der Waals surface area contributed by atoms with Crippen molar-refractivity contribution in [2.24, 2.45) is 0 Å². The van der Waals surface area contributed by atoms with E-state index in [0.29, 0.717) is 12.1 Å². The Bertz CT molecular complexity index is 1430. The Hall–Kier alpha value is -0.536. The molecule has 0 saturated carbocycles. The predicted molar refractivity (Wildman–Crippen MR) is 236 cm³/mol. The second kappa shape index (κ2) is 21.3. The third-order valence-electron chi connectivity index (χ3n) is 7.44. The number of hydrogen-bond donors (Lipinski definition) is 0. The third kappa shape index (κ3) is 14.4. The Balaban J connectivity index is 1.58. The first-order valence-corrected chi connectivity index (χ1v) is 28.1. The minimum absolute atomic E-state index is 0.0260. The molecule has 2 aromatic heterocycles. The molecule has 0 aliphatic carbocycles. The first-order chi connectivity index (χ1) is 25.1. The lowest BCUT2D eigenvalue weighted by Gasteiger charge is -2.36. The Morgan fingerprint density at radius 2 is 0.792 bits per heavy atom. The fourth-order valence-electron chi connectivity index (χ4n) is 6.03. The molecule has 0 aliphatic heterocycles. The summed E-state index contributed by atoms with van der Waals surface area (Å²) in [6.45, 7) is 24.8. The maximum atomic E-state index is 6.66. The molecule has 8 nitrogen and oxygen atoms in total. The van der Waals surface area contributed by atoms with Gasteiger partial charge in [-0.2, -0.15) is 0 Å². The summed E-state index contributed by atoms with van der Waals surface area (Å²) in [4.78, 5) is 10.3. The van der Waals surface area contributed by atoms with Gasteiger partial charge in [0.05, 0.1) is 30.4 Å². The molecule has 2 atom stereocenters. The van der Waals surface area contributed by atoms with Crippen LogP contribution in [0.5, 0.6) is 0 Å². The summed E-state index contributed by atoms with van der Waals surface area (Å²) in [6, 6.07) is 18.1. The zero-order valence-electron chi connectivity index (χ0n) is 33.5. The highest BCUT2D eigenvalue weighted by Gasteiger charge is 2.48. The van der Waals surface area contributed by atoms with Gasteiger partial charge in [-0.15, -0.1) is 22.7 Å². The van der Waals surface area contributed by atoms with E-state index >= 15 is 0 Å². The van der Waals surface area contributed by atoms with Crippen molar-refractivity contribution in [3.63, 3.8) is 0 Å². The second-order valence-corrected chi connectivity index (χ2v) is 26.3. The average Bonchev–Trinajstić information content (AvgIpc) is 3.66. The molecule has 2 aromatic carbocycles. The molecule has 0 amide bonds. The number of hydrogen-bond acceptors (Lipinski definition) is 13. The zero-order valence-corrected chi connectivity index (χ0v) is 39.5. The zero-order chi connectivity index (χ0) is 38.8. The minimum atomic E-state index is -3.10. The molecule has 0 fully saturated rings. The molecule has 2 heterocycles. The molecule has 0 spiro atoms. The largest absolute Gasteiger partial charge is 0.502 e. The van der Waals surface area contributed by atoms with Crippen LogP contribution in [0.3, 0.4) is 0 Å². The van der Waals surface area contributed by atoms with E-state index in [4.69, 9.17) is 36.5 Å². The fourth-order valence-corrected chi connectivity index (χ4v) is 20.4. The monoisotopic (exact) mass is 856 g/mol. The third-order valence-corrected chi connectivity index (χ3v) is 21.2. The fraction of sp³-hybridized carbons (Fsp3) is 0.632. The molecule has 53 heavy (non-hydrogen) atoms. The van der Waals surface area contributed by atoms with E-state index < -0.39 is 17.6 Å². The molecule has 0 N–H and O–H groups in total. The van der Waals surface area contributed by atoms with E-state index in [1.54, 1.807) is 22.7 Å². The number of thiazole rings is 2. The molecule has 2 unspecified atom stereocenters. The van der Waals surface area contributed by atoms with Gasteiger partial charge >= 0.3 is 17.6 Å². The van der Waals surface area contributed by atoms with Crippen LogP contribution in [0.1, 0.15) is 105 Å². The molecule has 0 radical (unpaired) electrons. The van der Waals surface area contributed by atoms with Crippen LogP contribution >= 0.6 is 54.1 Å². The maximum Gasteiger partial charge on any atom is 0.502 e. The van der Waals surface area contributed by atoms with Gasteiger partial charge in [-0.25, -0.2) is 9.97 Å². The van der Waals surface area contributed by atoms with Crippen LogP contribution in [0.2, 0.25) is 12.1 Å². The molecule has 0 saturated heterocycles. The van der Waals surface area contributed by atoms with Crippen molar-refractivity contribution in [1.29, 1.82) is 0 Å². The summed E-state index contributed by atoms with van der Waals surface area (Å²) in [6.07, 6.45) is -0.156. The van der Waals surface area contributed by atoms with Crippen LogP contribution in [0.15, 0.2) is 48.5 Å². The number of nitrogens with zero attached hydrogens (tertiary/aromatic N) is 2. The highest BCUT2D eigenvalue weighted by atomic mass is 33.5. The number of para-hydroxylation sites is 2. The lowest BCUT2D eigenvalue weighted by atomic mass is 10.2. The first-order valence-electron chi connectivity index (χ1n) is 18.8. The molecule has 4 rings (SSSR count). The molecule has 4 aromatic rings. The van der Waals surface area contributed by atoms with Crippen molar-refractivity contribution in [2.45, 2.75) is 144 Å². The van der Waals surface area contributed by atoms with E-state index in [1.165, 1.54) is 9.40 Å². The predicted octanol–water partition coefficient (Wildman–Crippen LogP) is 12.2. The lowest BCUT2D eigenvalue weighted by molar-refractivity contribution is 0.00109. The number of aromatic nitrogens is 2. The standard InChI is InChI=1S/C38H60N2O6S5Si2/c1-25(2)41-52(42-26(3)4,43-27(5)6)23-31(37-39-33-17-13-15-19-35(33)49-37)21-47-51-48-22-32(38-40-34-18-14-16-20-36(34)50-38)24-53(44-28(7)8,45-29(9)10)46-30(11)12/h13-20,25-32H,21-24H2,1-12H3. The Labute approximate surface area is 340 Å². The van der Waals surface area contributed by atoms with Gasteiger partial charge in [0.15, 0.2) is 0 Å². The van der Waals surface area contributed by atoms with Crippen LogP contribution in [-0.4, -0.2) is 75.7 Å². The molecular formula is C38H60N2O6S5Si2. The van der Waals surface area contributed by atoms with Crippen molar-refractivity contribution in [3.05, 3.63) is 58.5 Å². The van der Waals surface area contributed by atoms with Crippen molar-refractivity contribution in [2.75, 3.05) is 11.5 Å². The van der Waals surface area contributed by atoms with Crippen LogP contribution in [0.25, 0.3) is 20.4 Å². The van der Waals surface area contributed by atoms with Crippen molar-refractivity contribution in [3.8, 4) is 0 Å². The molecule has 15 heteroatoms. The maximum absolute atomic E-state index is 6.66. The van der Waals surface area contributed by atoms with E-state index in [9.17, 15) is 0 Å². The van der Waals surface area contributed by atoms with Gasteiger partial charge in [-0.3, -0.25) is 0 Å². The topological polar surface area (TPSA) is 81.2 Å². The molecule has 296 valence electrons. The van der Waals surface area contributed by atoms with E-state index in [1.807, 2.05) is 31.4 Å². The van der Waals surface area contributed by atoms with Crippen LogP contribution < -0.4 is 0 Å². The Morgan fingerprint density at radius 3 is 1.08 bits per heavy atom. The summed E-state index contributed by atoms with van der Waals surface area (Å²) < 4.78 is 42.3. The quantitative estimate of drug-likeness (QED) is 0.0384. The summed E-state index contributed by atoms with van der Waals surface area (Å²) in [5, 5.41) is 2.19.